The van der Waals surface area contributed by atoms with Crippen molar-refractivity contribution < 1.29 is 4.79 Å². The van der Waals surface area contributed by atoms with Crippen LogP contribution in [0.5, 0.6) is 0 Å². The first-order valence-electron chi connectivity index (χ1n) is 8.95. The predicted octanol–water partition coefficient (Wildman–Crippen LogP) is 1.06. The molecule has 3 aromatic rings. The number of hydrogen-bond acceptors (Lipinski definition) is 6. The van der Waals surface area contributed by atoms with E-state index in [2.05, 4.69) is 25.1 Å². The lowest BCUT2D eigenvalue weighted by Gasteiger charge is -2.35. The monoisotopic (exact) mass is 367 g/mol. The number of benzene rings is 1. The molecular formula is C18H21N7O2. The Kier molecular flexibility index (Phi) is 4.35. The average Bonchev–Trinajstić information content (AvgIpc) is 3.22. The summed E-state index contributed by atoms with van der Waals surface area (Å²) in [5.74, 6) is 0.126. The second kappa shape index (κ2) is 6.82. The van der Waals surface area contributed by atoms with Gasteiger partial charge in [0.25, 0.3) is 11.5 Å². The number of rotatable bonds is 3. The first-order valence-corrected chi connectivity index (χ1v) is 8.95. The van der Waals surface area contributed by atoms with E-state index in [-0.39, 0.29) is 23.3 Å². The van der Waals surface area contributed by atoms with Crippen LogP contribution < -0.4 is 10.5 Å². The van der Waals surface area contributed by atoms with Crippen LogP contribution in [-0.2, 0) is 0 Å². The molecule has 0 aliphatic carbocycles. The molecule has 1 saturated heterocycles. The van der Waals surface area contributed by atoms with Crippen molar-refractivity contribution in [3.63, 3.8) is 0 Å². The SMILES string of the molecule is CC(C)n1cnc2cc(N3CCN(C(=O)c4ncn[nH]4)CC3)ccc2c1=O. The fraction of sp³-hybridized carbons (Fsp3) is 0.389. The van der Waals surface area contributed by atoms with Gasteiger partial charge in [0, 0.05) is 37.9 Å². The number of carbonyl (C=O) groups excluding carboxylic acids is 1. The van der Waals surface area contributed by atoms with Gasteiger partial charge >= 0.3 is 0 Å². The minimum Gasteiger partial charge on any atom is -0.368 e. The third-order valence-electron chi connectivity index (χ3n) is 4.87. The molecule has 9 nitrogen and oxygen atoms in total. The summed E-state index contributed by atoms with van der Waals surface area (Å²) in [6.45, 7) is 6.52. The Hall–Kier alpha value is -3.23. The average molecular weight is 367 g/mol. The summed E-state index contributed by atoms with van der Waals surface area (Å²) in [5, 5.41) is 6.95. The molecule has 1 N–H and O–H groups in total. The minimum absolute atomic E-state index is 0.0241. The molecule has 3 heterocycles. The first-order chi connectivity index (χ1) is 13.0. The minimum atomic E-state index is -0.137. The van der Waals surface area contributed by atoms with Gasteiger partial charge in [0.05, 0.1) is 17.2 Å². The lowest BCUT2D eigenvalue weighted by Crippen LogP contribution is -2.49. The zero-order valence-corrected chi connectivity index (χ0v) is 15.3. The van der Waals surface area contributed by atoms with Gasteiger partial charge in [-0.2, -0.15) is 5.10 Å². The maximum atomic E-state index is 12.5. The Morgan fingerprint density at radius 1 is 1.15 bits per heavy atom. The lowest BCUT2D eigenvalue weighted by molar-refractivity contribution is 0.0735. The van der Waals surface area contributed by atoms with E-state index in [9.17, 15) is 9.59 Å². The van der Waals surface area contributed by atoms with Gasteiger partial charge in [0.15, 0.2) is 0 Å². The molecular weight excluding hydrogens is 346 g/mol. The molecule has 27 heavy (non-hydrogen) atoms. The van der Waals surface area contributed by atoms with Crippen LogP contribution in [0.2, 0.25) is 0 Å². The van der Waals surface area contributed by atoms with Crippen LogP contribution in [0.1, 0.15) is 30.5 Å². The van der Waals surface area contributed by atoms with Gasteiger partial charge in [-0.15, -0.1) is 0 Å². The van der Waals surface area contributed by atoms with Gasteiger partial charge in [-0.25, -0.2) is 9.97 Å². The number of aromatic amines is 1. The summed E-state index contributed by atoms with van der Waals surface area (Å²) in [5.41, 5.74) is 1.67. The number of anilines is 1. The highest BCUT2D eigenvalue weighted by Gasteiger charge is 2.24. The molecule has 2 aromatic heterocycles. The zero-order valence-electron chi connectivity index (χ0n) is 15.3. The van der Waals surface area contributed by atoms with E-state index in [1.54, 1.807) is 15.8 Å². The topological polar surface area (TPSA) is 100 Å². The molecule has 140 valence electrons. The Morgan fingerprint density at radius 3 is 2.59 bits per heavy atom. The number of hydrogen-bond donors (Lipinski definition) is 1. The summed E-state index contributed by atoms with van der Waals surface area (Å²) < 4.78 is 1.63. The predicted molar refractivity (Wildman–Crippen MR) is 101 cm³/mol. The van der Waals surface area contributed by atoms with E-state index >= 15 is 0 Å². The maximum Gasteiger partial charge on any atom is 0.291 e. The van der Waals surface area contributed by atoms with Crippen molar-refractivity contribution >= 4 is 22.5 Å². The second-order valence-electron chi connectivity index (χ2n) is 6.87. The van der Waals surface area contributed by atoms with E-state index < -0.39 is 0 Å². The standard InChI is InChI=1S/C18H21N7O2/c1-12(2)25-11-20-15-9-13(3-4-14(15)17(25)26)23-5-7-24(8-6-23)18(27)16-19-10-21-22-16/h3-4,9-12H,5-8H2,1-2H3,(H,19,21,22). The van der Waals surface area contributed by atoms with Crippen molar-refractivity contribution in [2.45, 2.75) is 19.9 Å². The Morgan fingerprint density at radius 2 is 1.93 bits per heavy atom. The van der Waals surface area contributed by atoms with Gasteiger partial charge in [-0.1, -0.05) is 0 Å². The smallest absolute Gasteiger partial charge is 0.291 e. The van der Waals surface area contributed by atoms with Crippen molar-refractivity contribution in [2.24, 2.45) is 0 Å². The fourth-order valence-electron chi connectivity index (χ4n) is 3.31. The number of nitrogens with zero attached hydrogens (tertiary/aromatic N) is 6. The molecule has 0 radical (unpaired) electrons. The molecule has 1 amide bonds. The van der Waals surface area contributed by atoms with Crippen molar-refractivity contribution in [2.75, 3.05) is 31.1 Å². The van der Waals surface area contributed by atoms with E-state index in [1.165, 1.54) is 6.33 Å². The second-order valence-corrected chi connectivity index (χ2v) is 6.87. The van der Waals surface area contributed by atoms with Gasteiger partial charge in [-0.3, -0.25) is 19.3 Å². The molecule has 9 heteroatoms. The van der Waals surface area contributed by atoms with E-state index in [4.69, 9.17) is 0 Å². The highest BCUT2D eigenvalue weighted by Crippen LogP contribution is 2.21. The van der Waals surface area contributed by atoms with Gasteiger partial charge < -0.3 is 9.80 Å². The van der Waals surface area contributed by atoms with E-state index in [0.29, 0.717) is 37.1 Å². The summed E-state index contributed by atoms with van der Waals surface area (Å²) in [6, 6.07) is 5.80. The van der Waals surface area contributed by atoms with Crippen LogP contribution in [0, 0.1) is 0 Å². The molecule has 0 bridgehead atoms. The summed E-state index contributed by atoms with van der Waals surface area (Å²) in [6.07, 6.45) is 2.94. The zero-order chi connectivity index (χ0) is 19.0. The number of H-pyrrole nitrogens is 1. The maximum absolute atomic E-state index is 12.5. The van der Waals surface area contributed by atoms with E-state index in [1.807, 2.05) is 32.0 Å². The number of piperazine rings is 1. The Bertz CT molecular complexity index is 1020. The first kappa shape index (κ1) is 17.2. The fourth-order valence-corrected chi connectivity index (χ4v) is 3.31. The van der Waals surface area contributed by atoms with Crippen molar-refractivity contribution in [3.05, 3.63) is 47.0 Å². The van der Waals surface area contributed by atoms with Crippen LogP contribution in [0.3, 0.4) is 0 Å². The normalized spacial score (nSPS) is 14.9. The van der Waals surface area contributed by atoms with Crippen LogP contribution in [0.15, 0.2) is 35.6 Å². The molecule has 4 rings (SSSR count). The van der Waals surface area contributed by atoms with Crippen LogP contribution in [0.25, 0.3) is 10.9 Å². The number of amides is 1. The number of nitrogens with one attached hydrogen (secondary N) is 1. The Balaban J connectivity index is 1.51. The molecule has 0 saturated carbocycles. The molecule has 1 aliphatic heterocycles. The number of aromatic nitrogens is 5. The molecule has 1 fully saturated rings. The van der Waals surface area contributed by atoms with Crippen LogP contribution in [-0.4, -0.2) is 61.7 Å². The summed E-state index contributed by atoms with van der Waals surface area (Å²) >= 11 is 0. The highest BCUT2D eigenvalue weighted by molar-refractivity contribution is 5.90. The van der Waals surface area contributed by atoms with Crippen molar-refractivity contribution in [1.82, 2.24) is 29.6 Å². The van der Waals surface area contributed by atoms with Crippen molar-refractivity contribution in [3.8, 4) is 0 Å². The largest absolute Gasteiger partial charge is 0.368 e. The quantitative estimate of drug-likeness (QED) is 0.743. The van der Waals surface area contributed by atoms with Crippen molar-refractivity contribution in [1.29, 1.82) is 0 Å². The van der Waals surface area contributed by atoms with Gasteiger partial charge in [-0.05, 0) is 32.0 Å². The lowest BCUT2D eigenvalue weighted by atomic mass is 10.2. The number of fused-ring (bicyclic) bond motifs is 1. The molecule has 1 aliphatic rings. The van der Waals surface area contributed by atoms with Gasteiger partial charge in [0.1, 0.15) is 6.33 Å². The Labute approximate surface area is 155 Å². The summed E-state index contributed by atoms with van der Waals surface area (Å²) in [4.78, 5) is 37.2. The molecule has 0 unspecified atom stereocenters. The van der Waals surface area contributed by atoms with Gasteiger partial charge in [0.2, 0.25) is 5.82 Å². The third kappa shape index (κ3) is 3.16. The molecule has 1 aromatic carbocycles. The summed E-state index contributed by atoms with van der Waals surface area (Å²) in [7, 11) is 0. The third-order valence-corrected chi connectivity index (χ3v) is 4.87. The van der Waals surface area contributed by atoms with Crippen LogP contribution >= 0.6 is 0 Å². The van der Waals surface area contributed by atoms with Crippen LogP contribution in [0.4, 0.5) is 5.69 Å². The molecule has 0 spiro atoms. The highest BCUT2D eigenvalue weighted by atomic mass is 16.2. The van der Waals surface area contributed by atoms with E-state index in [0.717, 1.165) is 5.69 Å². The number of carbonyl (C=O) groups is 1. The molecule has 0 atom stereocenters.